The third-order valence-corrected chi connectivity index (χ3v) is 3.07. The number of benzene rings is 1. The minimum absolute atomic E-state index is 0.268. The molecule has 0 saturated heterocycles. The SMILES string of the molecule is N#Cc1cn[nH]c1NC(=O)c1ccc(Cl)cc1Br. The average molecular weight is 326 g/mol. The summed E-state index contributed by atoms with van der Waals surface area (Å²) in [6, 6.07) is 6.73. The summed E-state index contributed by atoms with van der Waals surface area (Å²) in [4.78, 5) is 12.0. The maximum Gasteiger partial charge on any atom is 0.257 e. The summed E-state index contributed by atoms with van der Waals surface area (Å²) >= 11 is 9.04. The number of carbonyl (C=O) groups is 1. The maximum absolute atomic E-state index is 12.0. The van der Waals surface area contributed by atoms with Gasteiger partial charge in [-0.1, -0.05) is 11.6 Å². The van der Waals surface area contributed by atoms with Crippen molar-refractivity contribution < 1.29 is 4.79 Å². The molecule has 0 aliphatic carbocycles. The van der Waals surface area contributed by atoms with E-state index in [2.05, 4.69) is 31.4 Å². The number of hydrogen-bond acceptors (Lipinski definition) is 3. The monoisotopic (exact) mass is 324 g/mol. The minimum Gasteiger partial charge on any atom is -0.306 e. The van der Waals surface area contributed by atoms with Crippen molar-refractivity contribution in [1.82, 2.24) is 10.2 Å². The molecule has 0 atom stereocenters. The molecule has 1 heterocycles. The van der Waals surface area contributed by atoms with Gasteiger partial charge in [0.1, 0.15) is 17.5 Å². The number of halogens is 2. The number of rotatable bonds is 2. The van der Waals surface area contributed by atoms with Crippen molar-refractivity contribution in [3.05, 3.63) is 45.0 Å². The molecule has 0 spiro atoms. The number of aromatic nitrogens is 2. The summed E-state index contributed by atoms with van der Waals surface area (Å²) < 4.78 is 0.575. The Bertz CT molecular complexity index is 647. The molecule has 90 valence electrons. The van der Waals surface area contributed by atoms with Crippen molar-refractivity contribution in [3.8, 4) is 6.07 Å². The molecule has 0 aliphatic heterocycles. The van der Waals surface area contributed by atoms with Crippen LogP contribution in [-0.2, 0) is 0 Å². The average Bonchev–Trinajstić information content (AvgIpc) is 2.76. The lowest BCUT2D eigenvalue weighted by Crippen LogP contribution is -2.13. The van der Waals surface area contributed by atoms with E-state index in [0.717, 1.165) is 0 Å². The van der Waals surface area contributed by atoms with Crippen LogP contribution in [0.25, 0.3) is 0 Å². The lowest BCUT2D eigenvalue weighted by Gasteiger charge is -2.05. The molecular formula is C11H6BrClN4O. The lowest BCUT2D eigenvalue weighted by molar-refractivity contribution is 0.102. The second kappa shape index (κ2) is 5.21. The van der Waals surface area contributed by atoms with Crippen LogP contribution < -0.4 is 5.32 Å². The number of nitrogens with zero attached hydrogens (tertiary/aromatic N) is 2. The van der Waals surface area contributed by atoms with Gasteiger partial charge in [-0.25, -0.2) is 0 Å². The summed E-state index contributed by atoms with van der Waals surface area (Å²) in [6.45, 7) is 0. The number of H-pyrrole nitrogens is 1. The van der Waals surface area contributed by atoms with Crippen molar-refractivity contribution >= 4 is 39.3 Å². The van der Waals surface area contributed by atoms with Gasteiger partial charge >= 0.3 is 0 Å². The Morgan fingerprint density at radius 1 is 1.56 bits per heavy atom. The molecular weight excluding hydrogens is 320 g/mol. The number of aromatic amines is 1. The number of hydrogen-bond donors (Lipinski definition) is 2. The number of carbonyl (C=O) groups excluding carboxylic acids is 1. The van der Waals surface area contributed by atoms with Gasteiger partial charge in [0.2, 0.25) is 0 Å². The van der Waals surface area contributed by atoms with Crippen LogP contribution in [0, 0.1) is 11.3 Å². The Morgan fingerprint density at radius 3 is 3.00 bits per heavy atom. The van der Waals surface area contributed by atoms with E-state index in [1.807, 2.05) is 6.07 Å². The molecule has 0 fully saturated rings. The first kappa shape index (κ1) is 12.6. The van der Waals surface area contributed by atoms with Gasteiger partial charge in [-0.15, -0.1) is 0 Å². The molecule has 0 radical (unpaired) electrons. The number of amides is 1. The molecule has 1 amide bonds. The quantitative estimate of drug-likeness (QED) is 0.890. The van der Waals surface area contributed by atoms with E-state index in [1.54, 1.807) is 18.2 Å². The predicted molar refractivity (Wildman–Crippen MR) is 70.4 cm³/mol. The zero-order chi connectivity index (χ0) is 13.1. The second-order valence-electron chi connectivity index (χ2n) is 3.35. The van der Waals surface area contributed by atoms with Crippen molar-refractivity contribution in [1.29, 1.82) is 5.26 Å². The maximum atomic E-state index is 12.0. The summed E-state index contributed by atoms with van der Waals surface area (Å²) in [5, 5.41) is 18.1. The molecule has 0 unspecified atom stereocenters. The Hall–Kier alpha value is -1.84. The third kappa shape index (κ3) is 2.53. The molecule has 2 N–H and O–H groups in total. The van der Waals surface area contributed by atoms with Crippen molar-refractivity contribution in [2.45, 2.75) is 0 Å². The Morgan fingerprint density at radius 2 is 2.33 bits per heavy atom. The van der Waals surface area contributed by atoms with Gasteiger partial charge < -0.3 is 5.32 Å². The van der Waals surface area contributed by atoms with Gasteiger partial charge in [0, 0.05) is 9.50 Å². The van der Waals surface area contributed by atoms with Gasteiger partial charge in [-0.3, -0.25) is 9.89 Å². The van der Waals surface area contributed by atoms with Crippen LogP contribution in [0.3, 0.4) is 0 Å². The molecule has 7 heteroatoms. The molecule has 1 aromatic heterocycles. The van der Waals surface area contributed by atoms with E-state index in [1.165, 1.54) is 6.20 Å². The largest absolute Gasteiger partial charge is 0.306 e. The van der Waals surface area contributed by atoms with E-state index in [-0.39, 0.29) is 17.3 Å². The number of nitriles is 1. The first-order valence-electron chi connectivity index (χ1n) is 4.81. The highest BCUT2D eigenvalue weighted by atomic mass is 79.9. The van der Waals surface area contributed by atoms with Crippen molar-refractivity contribution in [2.75, 3.05) is 5.32 Å². The normalized spacial score (nSPS) is 9.83. The molecule has 0 aliphatic rings. The third-order valence-electron chi connectivity index (χ3n) is 2.17. The Labute approximate surface area is 116 Å². The van der Waals surface area contributed by atoms with Gasteiger partial charge in [0.05, 0.1) is 11.8 Å². The zero-order valence-electron chi connectivity index (χ0n) is 8.87. The van der Waals surface area contributed by atoms with Crippen LogP contribution in [0.15, 0.2) is 28.9 Å². The number of anilines is 1. The predicted octanol–water partition coefficient (Wildman–Crippen LogP) is 2.95. The number of nitrogens with one attached hydrogen (secondary N) is 2. The fraction of sp³-hybridized carbons (Fsp3) is 0. The first-order chi connectivity index (χ1) is 8.61. The van der Waals surface area contributed by atoms with E-state index >= 15 is 0 Å². The summed E-state index contributed by atoms with van der Waals surface area (Å²) in [7, 11) is 0. The standard InChI is InChI=1S/C11H6BrClN4O/c12-9-3-7(13)1-2-8(9)11(18)16-10-6(4-14)5-15-17-10/h1-3,5H,(H2,15,16,17,18). The van der Waals surface area contributed by atoms with Gasteiger partial charge in [0.15, 0.2) is 0 Å². The highest BCUT2D eigenvalue weighted by molar-refractivity contribution is 9.10. The van der Waals surface area contributed by atoms with Crippen LogP contribution in [0.5, 0.6) is 0 Å². The van der Waals surface area contributed by atoms with Gasteiger partial charge in [-0.05, 0) is 34.1 Å². The van der Waals surface area contributed by atoms with Crippen molar-refractivity contribution in [3.63, 3.8) is 0 Å². The van der Waals surface area contributed by atoms with Gasteiger partial charge in [0.25, 0.3) is 5.91 Å². The smallest absolute Gasteiger partial charge is 0.257 e. The van der Waals surface area contributed by atoms with Crippen molar-refractivity contribution in [2.24, 2.45) is 0 Å². The molecule has 1 aromatic carbocycles. The molecule has 18 heavy (non-hydrogen) atoms. The minimum atomic E-state index is -0.362. The van der Waals surface area contributed by atoms with Crippen LogP contribution in [0.1, 0.15) is 15.9 Å². The highest BCUT2D eigenvalue weighted by Gasteiger charge is 2.13. The van der Waals surface area contributed by atoms with Gasteiger partial charge in [-0.2, -0.15) is 10.4 Å². The van der Waals surface area contributed by atoms with E-state index in [9.17, 15) is 4.79 Å². The fourth-order valence-corrected chi connectivity index (χ4v) is 2.18. The van der Waals surface area contributed by atoms with Crippen LogP contribution in [0.2, 0.25) is 5.02 Å². The lowest BCUT2D eigenvalue weighted by atomic mass is 10.2. The summed E-state index contributed by atoms with van der Waals surface area (Å²) in [5.41, 5.74) is 0.686. The highest BCUT2D eigenvalue weighted by Crippen LogP contribution is 2.22. The summed E-state index contributed by atoms with van der Waals surface area (Å²) in [6.07, 6.45) is 1.34. The topological polar surface area (TPSA) is 81.6 Å². The van der Waals surface area contributed by atoms with Crippen LogP contribution in [-0.4, -0.2) is 16.1 Å². The summed E-state index contributed by atoms with van der Waals surface area (Å²) in [5.74, 6) is -0.0939. The molecule has 2 rings (SSSR count). The van der Waals surface area contributed by atoms with E-state index in [0.29, 0.717) is 15.1 Å². The fourth-order valence-electron chi connectivity index (χ4n) is 1.32. The molecule has 0 bridgehead atoms. The van der Waals surface area contributed by atoms with Crippen LogP contribution in [0.4, 0.5) is 5.82 Å². The molecule has 0 saturated carbocycles. The molecule has 2 aromatic rings. The first-order valence-corrected chi connectivity index (χ1v) is 5.99. The van der Waals surface area contributed by atoms with E-state index in [4.69, 9.17) is 16.9 Å². The molecule has 5 nitrogen and oxygen atoms in total. The van der Waals surface area contributed by atoms with Crippen LogP contribution >= 0.6 is 27.5 Å². The Balaban J connectivity index is 2.25. The van der Waals surface area contributed by atoms with E-state index < -0.39 is 0 Å². The second-order valence-corrected chi connectivity index (χ2v) is 4.64. The zero-order valence-corrected chi connectivity index (χ0v) is 11.2. The Kier molecular flexibility index (Phi) is 3.65.